The summed E-state index contributed by atoms with van der Waals surface area (Å²) in [6.45, 7) is 8.31. The topological polar surface area (TPSA) is 42.1 Å². The Labute approximate surface area is 108 Å². The lowest BCUT2D eigenvalue weighted by atomic mass is 10.1. The maximum absolute atomic E-state index is 5.82. The van der Waals surface area contributed by atoms with Crippen LogP contribution in [0, 0.1) is 6.92 Å². The van der Waals surface area contributed by atoms with Crippen molar-refractivity contribution < 1.29 is 0 Å². The van der Waals surface area contributed by atoms with Crippen LogP contribution >= 0.6 is 11.8 Å². The summed E-state index contributed by atoms with van der Waals surface area (Å²) >= 11 is 2.05. The van der Waals surface area contributed by atoms with E-state index in [9.17, 15) is 0 Å². The number of anilines is 1. The van der Waals surface area contributed by atoms with E-state index in [0.717, 1.165) is 17.8 Å². The minimum atomic E-state index is 0.556. The van der Waals surface area contributed by atoms with Crippen molar-refractivity contribution in [3.05, 3.63) is 23.5 Å². The van der Waals surface area contributed by atoms with Crippen molar-refractivity contribution in [1.29, 1.82) is 0 Å². The Bertz CT molecular complexity index is 394. The predicted molar refractivity (Wildman–Crippen MR) is 75.6 cm³/mol. The molecular formula is C13H21N3S. The van der Waals surface area contributed by atoms with Crippen LogP contribution in [-0.2, 0) is 6.54 Å². The molecule has 0 aliphatic carbocycles. The van der Waals surface area contributed by atoms with E-state index in [1.165, 1.54) is 11.4 Å². The molecule has 1 aromatic heterocycles. The second-order valence-corrected chi connectivity index (χ2v) is 6.15. The predicted octanol–water partition coefficient (Wildman–Crippen LogP) is 2.18. The second kappa shape index (κ2) is 5.27. The van der Waals surface area contributed by atoms with Crippen LogP contribution in [0.25, 0.3) is 0 Å². The Morgan fingerprint density at radius 1 is 1.53 bits per heavy atom. The Balaban J connectivity index is 2.34. The number of hydrogen-bond donors (Lipinski definition) is 1. The highest BCUT2D eigenvalue weighted by Gasteiger charge is 2.26. The van der Waals surface area contributed by atoms with Crippen LogP contribution in [0.4, 0.5) is 5.69 Å². The fourth-order valence-corrected chi connectivity index (χ4v) is 3.37. The molecule has 2 rings (SSSR count). The highest BCUT2D eigenvalue weighted by molar-refractivity contribution is 8.00. The van der Waals surface area contributed by atoms with E-state index in [2.05, 4.69) is 41.6 Å². The Kier molecular flexibility index (Phi) is 3.94. The lowest BCUT2D eigenvalue weighted by molar-refractivity contribution is 0.624. The third-order valence-corrected chi connectivity index (χ3v) is 4.85. The lowest BCUT2D eigenvalue weighted by Crippen LogP contribution is -2.45. The molecular weight excluding hydrogens is 230 g/mol. The zero-order valence-electron chi connectivity index (χ0n) is 10.8. The summed E-state index contributed by atoms with van der Waals surface area (Å²) in [5, 5.41) is 0.669. The number of aryl methyl sites for hydroxylation is 1. The third kappa shape index (κ3) is 2.58. The van der Waals surface area contributed by atoms with Gasteiger partial charge in [0.25, 0.3) is 0 Å². The zero-order valence-corrected chi connectivity index (χ0v) is 11.6. The SMILES string of the molecule is Cc1cc(N2CCSC(C)C2C)c(CN)cn1. The Morgan fingerprint density at radius 3 is 3.00 bits per heavy atom. The molecule has 1 aromatic rings. The molecule has 0 radical (unpaired) electrons. The molecule has 2 unspecified atom stereocenters. The van der Waals surface area contributed by atoms with Crippen LogP contribution in [0.2, 0.25) is 0 Å². The maximum atomic E-state index is 5.82. The lowest BCUT2D eigenvalue weighted by Gasteiger charge is -2.40. The first-order valence-corrected chi connectivity index (χ1v) is 7.22. The largest absolute Gasteiger partial charge is 0.367 e. The fourth-order valence-electron chi connectivity index (χ4n) is 2.27. The van der Waals surface area contributed by atoms with Crippen molar-refractivity contribution in [2.24, 2.45) is 5.73 Å². The van der Waals surface area contributed by atoms with Gasteiger partial charge in [0.05, 0.1) is 0 Å². The normalized spacial score (nSPS) is 25.1. The minimum absolute atomic E-state index is 0.556. The van der Waals surface area contributed by atoms with E-state index in [4.69, 9.17) is 5.73 Å². The van der Waals surface area contributed by atoms with Crippen molar-refractivity contribution in [2.45, 2.75) is 38.6 Å². The van der Waals surface area contributed by atoms with Crippen LogP contribution in [0.5, 0.6) is 0 Å². The number of nitrogens with two attached hydrogens (primary N) is 1. The summed E-state index contributed by atoms with van der Waals surface area (Å²) < 4.78 is 0. The van der Waals surface area contributed by atoms with Gasteiger partial charge in [0.15, 0.2) is 0 Å². The van der Waals surface area contributed by atoms with Gasteiger partial charge in [-0.3, -0.25) is 4.98 Å². The molecule has 2 heterocycles. The molecule has 0 bridgehead atoms. The Morgan fingerprint density at radius 2 is 2.29 bits per heavy atom. The number of aromatic nitrogens is 1. The molecule has 0 amide bonds. The molecule has 1 aliphatic rings. The molecule has 17 heavy (non-hydrogen) atoms. The molecule has 4 heteroatoms. The number of rotatable bonds is 2. The molecule has 2 atom stereocenters. The molecule has 3 nitrogen and oxygen atoms in total. The number of thioether (sulfide) groups is 1. The van der Waals surface area contributed by atoms with Gasteiger partial charge in [0, 0.05) is 53.3 Å². The summed E-state index contributed by atoms with van der Waals surface area (Å²) in [7, 11) is 0. The van der Waals surface area contributed by atoms with Crippen LogP contribution in [0.3, 0.4) is 0 Å². The summed E-state index contributed by atoms with van der Waals surface area (Å²) in [5.41, 5.74) is 9.31. The standard InChI is InChI=1S/C13H21N3S/c1-9-6-13(12(7-14)8-15-9)16-4-5-17-11(3)10(16)2/h6,8,10-11H,4-5,7,14H2,1-3H3. The number of hydrogen-bond acceptors (Lipinski definition) is 4. The fraction of sp³-hybridized carbons (Fsp3) is 0.615. The number of pyridine rings is 1. The summed E-state index contributed by atoms with van der Waals surface area (Å²) in [6, 6.07) is 2.72. The molecule has 0 saturated carbocycles. The molecule has 94 valence electrons. The molecule has 1 aliphatic heterocycles. The molecule has 2 N–H and O–H groups in total. The van der Waals surface area contributed by atoms with Gasteiger partial charge in [0.2, 0.25) is 0 Å². The van der Waals surface area contributed by atoms with Gasteiger partial charge in [-0.15, -0.1) is 0 Å². The summed E-state index contributed by atoms with van der Waals surface area (Å²) in [5.74, 6) is 1.19. The number of nitrogens with zero attached hydrogens (tertiary/aromatic N) is 2. The Hall–Kier alpha value is -0.740. The molecule has 1 fully saturated rings. The quantitative estimate of drug-likeness (QED) is 0.875. The van der Waals surface area contributed by atoms with Crippen molar-refractivity contribution in [1.82, 2.24) is 4.98 Å². The van der Waals surface area contributed by atoms with E-state index in [1.807, 2.05) is 13.1 Å². The first-order valence-electron chi connectivity index (χ1n) is 6.17. The average molecular weight is 251 g/mol. The van der Waals surface area contributed by atoms with Crippen molar-refractivity contribution >= 4 is 17.4 Å². The van der Waals surface area contributed by atoms with E-state index < -0.39 is 0 Å². The highest BCUT2D eigenvalue weighted by atomic mass is 32.2. The van der Waals surface area contributed by atoms with Gasteiger partial charge >= 0.3 is 0 Å². The summed E-state index contributed by atoms with van der Waals surface area (Å²) in [4.78, 5) is 6.82. The zero-order chi connectivity index (χ0) is 12.4. The van der Waals surface area contributed by atoms with Crippen LogP contribution < -0.4 is 10.6 Å². The van der Waals surface area contributed by atoms with Crippen LogP contribution in [0.15, 0.2) is 12.3 Å². The monoisotopic (exact) mass is 251 g/mol. The van der Waals surface area contributed by atoms with Crippen molar-refractivity contribution in [3.8, 4) is 0 Å². The third-order valence-electron chi connectivity index (χ3n) is 3.51. The highest BCUT2D eigenvalue weighted by Crippen LogP contribution is 2.31. The van der Waals surface area contributed by atoms with Gasteiger partial charge < -0.3 is 10.6 Å². The molecule has 1 saturated heterocycles. The van der Waals surface area contributed by atoms with Gasteiger partial charge in [-0.1, -0.05) is 6.92 Å². The van der Waals surface area contributed by atoms with Gasteiger partial charge in [0.1, 0.15) is 0 Å². The van der Waals surface area contributed by atoms with Gasteiger partial charge in [-0.05, 0) is 19.9 Å². The summed E-state index contributed by atoms with van der Waals surface area (Å²) in [6.07, 6.45) is 1.92. The van der Waals surface area contributed by atoms with Gasteiger partial charge in [-0.25, -0.2) is 0 Å². The molecule has 0 spiro atoms. The molecule has 0 aromatic carbocycles. The van der Waals surface area contributed by atoms with Crippen LogP contribution in [-0.4, -0.2) is 28.6 Å². The van der Waals surface area contributed by atoms with E-state index >= 15 is 0 Å². The minimum Gasteiger partial charge on any atom is -0.367 e. The van der Waals surface area contributed by atoms with Gasteiger partial charge in [-0.2, -0.15) is 11.8 Å². The van der Waals surface area contributed by atoms with Crippen molar-refractivity contribution in [2.75, 3.05) is 17.2 Å². The second-order valence-electron chi connectivity index (χ2n) is 4.67. The first-order chi connectivity index (χ1) is 8.13. The van der Waals surface area contributed by atoms with Crippen molar-refractivity contribution in [3.63, 3.8) is 0 Å². The van der Waals surface area contributed by atoms with E-state index in [1.54, 1.807) is 0 Å². The smallest absolute Gasteiger partial charge is 0.0448 e. The van der Waals surface area contributed by atoms with Crippen LogP contribution in [0.1, 0.15) is 25.1 Å². The van der Waals surface area contributed by atoms with E-state index in [0.29, 0.717) is 17.8 Å². The first kappa shape index (κ1) is 12.7. The maximum Gasteiger partial charge on any atom is 0.0448 e. The van der Waals surface area contributed by atoms with E-state index in [-0.39, 0.29) is 0 Å². The average Bonchev–Trinajstić information content (AvgIpc) is 2.33.